The van der Waals surface area contributed by atoms with Crippen LogP contribution in [0.3, 0.4) is 0 Å². The van der Waals surface area contributed by atoms with Crippen molar-refractivity contribution in [1.82, 2.24) is 9.97 Å². The van der Waals surface area contributed by atoms with E-state index in [4.69, 9.17) is 9.47 Å². The summed E-state index contributed by atoms with van der Waals surface area (Å²) in [4.78, 5) is 18.9. The van der Waals surface area contributed by atoms with Crippen LogP contribution in [0.15, 0.2) is 90.6 Å². The molecule has 0 fully saturated rings. The van der Waals surface area contributed by atoms with Crippen molar-refractivity contribution in [3.63, 3.8) is 0 Å². The second-order valence-corrected chi connectivity index (χ2v) is 8.31. The van der Waals surface area contributed by atoms with E-state index in [0.717, 1.165) is 44.4 Å². The first-order valence-electron chi connectivity index (χ1n) is 11.5. The summed E-state index contributed by atoms with van der Waals surface area (Å²) >= 11 is 0. The minimum absolute atomic E-state index is 0.248. The number of para-hydroxylation sites is 2. The maximum absolute atomic E-state index is 11.2. The summed E-state index contributed by atoms with van der Waals surface area (Å²) in [7, 11) is 1.58. The maximum atomic E-state index is 11.2. The lowest BCUT2D eigenvalue weighted by molar-refractivity contribution is 0.0697. The molecule has 0 bridgehead atoms. The van der Waals surface area contributed by atoms with Crippen LogP contribution in [0.4, 0.5) is 5.69 Å². The van der Waals surface area contributed by atoms with Gasteiger partial charge in [0.05, 0.1) is 30.1 Å². The number of carboxylic acid groups (broad SMARTS) is 1. The molecule has 180 valence electrons. The zero-order valence-corrected chi connectivity index (χ0v) is 19.7. The zero-order chi connectivity index (χ0) is 24.9. The molecule has 0 aliphatic carbocycles. The van der Waals surface area contributed by atoms with Crippen LogP contribution < -0.4 is 14.8 Å². The van der Waals surface area contributed by atoms with E-state index in [1.807, 2.05) is 36.4 Å². The van der Waals surface area contributed by atoms with Gasteiger partial charge in [-0.3, -0.25) is 0 Å². The fraction of sp³-hybridized carbons (Fsp3) is 0.103. The fourth-order valence-electron chi connectivity index (χ4n) is 4.06. The first-order chi connectivity index (χ1) is 17.6. The van der Waals surface area contributed by atoms with Crippen molar-refractivity contribution < 1.29 is 19.4 Å². The Bertz CT molecular complexity index is 1540. The molecule has 0 amide bonds. The Morgan fingerprint density at radius 2 is 1.81 bits per heavy atom. The molecule has 0 aliphatic heterocycles. The molecule has 5 rings (SSSR count). The van der Waals surface area contributed by atoms with Gasteiger partial charge in [-0.1, -0.05) is 48.5 Å². The van der Waals surface area contributed by atoms with Crippen molar-refractivity contribution in [3.8, 4) is 11.6 Å². The number of carboxylic acids is 1. The van der Waals surface area contributed by atoms with E-state index in [1.165, 1.54) is 0 Å². The molecule has 5 aromatic rings. The average molecular weight is 480 g/mol. The Hall–Kier alpha value is -4.78. The summed E-state index contributed by atoms with van der Waals surface area (Å²) in [5.41, 5.74) is 4.97. The number of ether oxygens (including phenoxy) is 2. The van der Waals surface area contributed by atoms with E-state index in [2.05, 4.69) is 33.5 Å². The van der Waals surface area contributed by atoms with Crippen LogP contribution in [0.25, 0.3) is 27.9 Å². The van der Waals surface area contributed by atoms with Crippen LogP contribution >= 0.6 is 0 Å². The molecule has 0 saturated carbocycles. The van der Waals surface area contributed by atoms with Gasteiger partial charge in [-0.15, -0.1) is 0 Å². The van der Waals surface area contributed by atoms with Gasteiger partial charge in [0.2, 0.25) is 5.88 Å². The van der Waals surface area contributed by atoms with E-state index in [9.17, 15) is 9.90 Å². The van der Waals surface area contributed by atoms with Gasteiger partial charge in [0.25, 0.3) is 0 Å². The number of pyridine rings is 1. The maximum Gasteiger partial charge on any atom is 0.335 e. The molecule has 3 aromatic carbocycles. The minimum Gasteiger partial charge on any atom is -0.487 e. The summed E-state index contributed by atoms with van der Waals surface area (Å²) in [6.07, 6.45) is 3.71. The molecule has 0 aliphatic rings. The number of hydrogen-bond acceptors (Lipinski definition) is 5. The van der Waals surface area contributed by atoms with Crippen LogP contribution in [-0.4, -0.2) is 41.3 Å². The first kappa shape index (κ1) is 23.0. The standard InChI is InChI=1S/C29H25N3O4/c1-35-27-14-13-22(17-31-27)30-16-20(15-19-9-11-21(12-10-19)29(33)34)18-36-26-8-4-6-24-23-5-2-3-7-25(23)32-28(24)26/h2-15,17,30,32H,16,18H2,1H3,(H,33,34). The Labute approximate surface area is 208 Å². The largest absolute Gasteiger partial charge is 0.487 e. The first-order valence-corrected chi connectivity index (χ1v) is 11.5. The normalized spacial score (nSPS) is 11.5. The summed E-state index contributed by atoms with van der Waals surface area (Å²) in [6, 6.07) is 24.7. The highest BCUT2D eigenvalue weighted by molar-refractivity contribution is 6.09. The number of aromatic carboxylic acids is 1. The molecule has 3 N–H and O–H groups in total. The van der Waals surface area contributed by atoms with Crippen LogP contribution in [0.2, 0.25) is 0 Å². The number of H-pyrrole nitrogens is 1. The lowest BCUT2D eigenvalue weighted by Gasteiger charge is -2.13. The third kappa shape index (κ3) is 5.00. The summed E-state index contributed by atoms with van der Waals surface area (Å²) in [5.74, 6) is 0.362. The van der Waals surface area contributed by atoms with Gasteiger partial charge in [-0.2, -0.15) is 0 Å². The molecule has 0 saturated heterocycles. The summed E-state index contributed by atoms with van der Waals surface area (Å²) in [6.45, 7) is 0.850. The number of nitrogens with one attached hydrogen (secondary N) is 2. The molecule has 7 nitrogen and oxygen atoms in total. The molecule has 36 heavy (non-hydrogen) atoms. The number of hydrogen-bond donors (Lipinski definition) is 3. The van der Waals surface area contributed by atoms with Crippen molar-refractivity contribution in [3.05, 3.63) is 102 Å². The number of anilines is 1. The van der Waals surface area contributed by atoms with E-state index in [1.54, 1.807) is 43.6 Å². The van der Waals surface area contributed by atoms with Crippen molar-refractivity contribution in [2.75, 3.05) is 25.6 Å². The predicted octanol–water partition coefficient (Wildman–Crippen LogP) is 6.00. The fourth-order valence-corrected chi connectivity index (χ4v) is 4.06. The summed E-state index contributed by atoms with van der Waals surface area (Å²) in [5, 5.41) is 14.8. The van der Waals surface area contributed by atoms with Gasteiger partial charge >= 0.3 is 5.97 Å². The number of carbonyl (C=O) groups is 1. The van der Waals surface area contributed by atoms with Crippen LogP contribution in [0.5, 0.6) is 11.6 Å². The number of nitrogens with zero attached hydrogens (tertiary/aromatic N) is 1. The number of rotatable bonds is 9. The van der Waals surface area contributed by atoms with E-state index < -0.39 is 5.97 Å². The van der Waals surface area contributed by atoms with Crippen LogP contribution in [-0.2, 0) is 0 Å². The van der Waals surface area contributed by atoms with Gasteiger partial charge < -0.3 is 24.9 Å². The second-order valence-electron chi connectivity index (χ2n) is 8.31. The topological polar surface area (TPSA) is 96.5 Å². The third-order valence-corrected chi connectivity index (χ3v) is 5.91. The van der Waals surface area contributed by atoms with Crippen molar-refractivity contribution in [1.29, 1.82) is 0 Å². The molecule has 0 spiro atoms. The van der Waals surface area contributed by atoms with Crippen molar-refractivity contribution >= 4 is 39.5 Å². The van der Waals surface area contributed by atoms with E-state index in [-0.39, 0.29) is 5.56 Å². The predicted molar refractivity (Wildman–Crippen MR) is 142 cm³/mol. The number of fused-ring (bicyclic) bond motifs is 3. The highest BCUT2D eigenvalue weighted by Gasteiger charge is 2.10. The van der Waals surface area contributed by atoms with Gasteiger partial charge in [0.15, 0.2) is 0 Å². The SMILES string of the molecule is COc1ccc(NCC(=Cc2ccc(C(=O)O)cc2)COc2cccc3c2[nH]c2ccccc23)cn1. The number of aromatic amines is 1. The third-order valence-electron chi connectivity index (χ3n) is 5.91. The van der Waals surface area contributed by atoms with E-state index in [0.29, 0.717) is 19.0 Å². The number of methoxy groups -OCH3 is 1. The van der Waals surface area contributed by atoms with Gasteiger partial charge in [-0.05, 0) is 41.5 Å². The average Bonchev–Trinajstić information content (AvgIpc) is 3.30. The van der Waals surface area contributed by atoms with Crippen LogP contribution in [0, 0.1) is 0 Å². The molecule has 7 heteroatoms. The molecular formula is C29H25N3O4. The van der Waals surface area contributed by atoms with Gasteiger partial charge in [-0.25, -0.2) is 9.78 Å². The van der Waals surface area contributed by atoms with Crippen molar-refractivity contribution in [2.45, 2.75) is 0 Å². The van der Waals surface area contributed by atoms with Gasteiger partial charge in [0, 0.05) is 28.9 Å². The number of benzene rings is 3. The van der Waals surface area contributed by atoms with Crippen LogP contribution in [0.1, 0.15) is 15.9 Å². The highest BCUT2D eigenvalue weighted by atomic mass is 16.5. The molecule has 0 radical (unpaired) electrons. The monoisotopic (exact) mass is 479 g/mol. The molecule has 0 atom stereocenters. The lowest BCUT2D eigenvalue weighted by Crippen LogP contribution is -2.12. The smallest absolute Gasteiger partial charge is 0.335 e. The Kier molecular flexibility index (Phi) is 6.53. The van der Waals surface area contributed by atoms with E-state index >= 15 is 0 Å². The zero-order valence-electron chi connectivity index (χ0n) is 19.7. The van der Waals surface area contributed by atoms with Crippen molar-refractivity contribution in [2.24, 2.45) is 0 Å². The Morgan fingerprint density at radius 1 is 1.00 bits per heavy atom. The highest BCUT2D eigenvalue weighted by Crippen LogP contribution is 2.31. The summed E-state index contributed by atoms with van der Waals surface area (Å²) < 4.78 is 11.4. The molecule has 2 heterocycles. The van der Waals surface area contributed by atoms with Gasteiger partial charge in [0.1, 0.15) is 12.4 Å². The second kappa shape index (κ2) is 10.2. The quantitative estimate of drug-likeness (QED) is 0.240. The Balaban J connectivity index is 1.40. The lowest BCUT2D eigenvalue weighted by atomic mass is 10.1. The molecule has 2 aromatic heterocycles. The molecule has 0 unspecified atom stereocenters. The Morgan fingerprint density at radius 3 is 2.56 bits per heavy atom. The molecular weight excluding hydrogens is 454 g/mol. The number of aromatic nitrogens is 2. The minimum atomic E-state index is -0.950.